The number of rotatable bonds is 5. The summed E-state index contributed by atoms with van der Waals surface area (Å²) >= 11 is 3.34. The number of hydrogen-bond donors (Lipinski definition) is 0. The fourth-order valence-corrected chi connectivity index (χ4v) is 7.71. The largest absolute Gasteiger partial charge is 0.309 e. The Morgan fingerprint density at radius 3 is 1.51 bits per heavy atom. The van der Waals surface area contributed by atoms with Gasteiger partial charge < -0.3 is 4.57 Å². The van der Waals surface area contributed by atoms with Crippen molar-refractivity contribution in [1.29, 1.82) is 0 Å². The third kappa shape index (κ3) is 4.48. The standard InChI is InChI=1S/C40H25N3S2/c1-2-12-33-26(6-1)7-5-13-36(33)43-37-24-29(27-8-3-10-31(22-27)39-41-18-20-44-39)14-16-34(37)35-17-15-30(25-38(35)43)28-9-4-11-32(23-28)40-42-19-21-45-40/h1-25H. The van der Waals surface area contributed by atoms with Crippen molar-refractivity contribution in [2.45, 2.75) is 0 Å². The van der Waals surface area contributed by atoms with Crippen molar-refractivity contribution in [2.24, 2.45) is 0 Å². The zero-order valence-corrected chi connectivity index (χ0v) is 25.7. The lowest BCUT2D eigenvalue weighted by Gasteiger charge is -2.13. The summed E-state index contributed by atoms with van der Waals surface area (Å²) in [5.74, 6) is 0. The van der Waals surface area contributed by atoms with Crippen LogP contribution in [0.5, 0.6) is 0 Å². The van der Waals surface area contributed by atoms with Crippen molar-refractivity contribution >= 4 is 55.3 Å². The number of fused-ring (bicyclic) bond motifs is 4. The minimum absolute atomic E-state index is 1.04. The number of nitrogens with zero attached hydrogens (tertiary/aromatic N) is 3. The Labute approximate surface area is 268 Å². The molecule has 3 nitrogen and oxygen atoms in total. The molecular weight excluding hydrogens is 587 g/mol. The van der Waals surface area contributed by atoms with Gasteiger partial charge in [0.05, 0.1) is 16.7 Å². The molecule has 9 aromatic rings. The van der Waals surface area contributed by atoms with Gasteiger partial charge in [-0.25, -0.2) is 9.97 Å². The monoisotopic (exact) mass is 611 g/mol. The predicted molar refractivity (Wildman–Crippen MR) is 191 cm³/mol. The molecule has 0 atom stereocenters. The van der Waals surface area contributed by atoms with Crippen molar-refractivity contribution in [1.82, 2.24) is 14.5 Å². The van der Waals surface area contributed by atoms with Crippen molar-refractivity contribution < 1.29 is 0 Å². The Hall–Kier alpha value is -5.36. The van der Waals surface area contributed by atoms with E-state index in [9.17, 15) is 0 Å². The van der Waals surface area contributed by atoms with Crippen LogP contribution < -0.4 is 0 Å². The lowest BCUT2D eigenvalue weighted by molar-refractivity contribution is 1.20. The van der Waals surface area contributed by atoms with Gasteiger partial charge in [-0.15, -0.1) is 22.7 Å². The Morgan fingerprint density at radius 2 is 0.933 bits per heavy atom. The lowest BCUT2D eigenvalue weighted by Crippen LogP contribution is -1.96. The SMILES string of the molecule is c1cc(-c2ccc3c4ccc(-c5cccc(-c6nccs6)c5)cc4n(-c4cccc5ccccc45)c3c2)cc(-c2nccs2)c1. The van der Waals surface area contributed by atoms with Gasteiger partial charge >= 0.3 is 0 Å². The average molecular weight is 612 g/mol. The molecule has 3 aromatic heterocycles. The summed E-state index contributed by atoms with van der Waals surface area (Å²) in [5.41, 5.74) is 10.6. The van der Waals surface area contributed by atoms with Gasteiger partial charge in [0.15, 0.2) is 0 Å². The topological polar surface area (TPSA) is 30.7 Å². The molecule has 9 rings (SSSR count). The Kier molecular flexibility index (Phi) is 6.18. The highest BCUT2D eigenvalue weighted by atomic mass is 32.1. The molecule has 0 aliphatic heterocycles. The van der Waals surface area contributed by atoms with Crippen LogP contribution in [0.2, 0.25) is 0 Å². The van der Waals surface area contributed by atoms with E-state index in [1.807, 2.05) is 23.2 Å². The molecule has 0 saturated carbocycles. The second-order valence-corrected chi connectivity index (χ2v) is 12.9. The van der Waals surface area contributed by atoms with Gasteiger partial charge in [-0.2, -0.15) is 0 Å². The molecule has 45 heavy (non-hydrogen) atoms. The van der Waals surface area contributed by atoms with E-state index in [-0.39, 0.29) is 0 Å². The summed E-state index contributed by atoms with van der Waals surface area (Å²) in [6.07, 6.45) is 3.73. The van der Waals surface area contributed by atoms with Gasteiger partial charge in [-0.3, -0.25) is 0 Å². The minimum Gasteiger partial charge on any atom is -0.309 e. The molecule has 0 spiro atoms. The van der Waals surface area contributed by atoms with Crippen molar-refractivity contribution in [3.8, 4) is 49.1 Å². The molecule has 0 radical (unpaired) electrons. The average Bonchev–Trinajstić information content (AvgIpc) is 3.89. The van der Waals surface area contributed by atoms with E-state index in [0.717, 1.165) is 21.1 Å². The number of benzene rings is 6. The lowest BCUT2D eigenvalue weighted by atomic mass is 10.00. The molecule has 0 aliphatic rings. The predicted octanol–water partition coefficient (Wildman–Crippen LogP) is 11.5. The van der Waals surface area contributed by atoms with E-state index >= 15 is 0 Å². The van der Waals surface area contributed by atoms with E-state index in [1.54, 1.807) is 22.7 Å². The zero-order valence-electron chi connectivity index (χ0n) is 24.1. The normalized spacial score (nSPS) is 11.6. The molecule has 0 N–H and O–H groups in total. The maximum absolute atomic E-state index is 4.55. The van der Waals surface area contributed by atoms with Crippen LogP contribution in [-0.4, -0.2) is 14.5 Å². The highest BCUT2D eigenvalue weighted by Gasteiger charge is 2.17. The maximum Gasteiger partial charge on any atom is 0.123 e. The summed E-state index contributed by atoms with van der Waals surface area (Å²) < 4.78 is 2.45. The fraction of sp³-hybridized carbons (Fsp3) is 0. The molecular formula is C40H25N3S2. The third-order valence-corrected chi connectivity index (χ3v) is 10.2. The van der Waals surface area contributed by atoms with Gasteiger partial charge in [0.1, 0.15) is 10.0 Å². The van der Waals surface area contributed by atoms with Crippen LogP contribution in [0.4, 0.5) is 0 Å². The molecule has 212 valence electrons. The first-order valence-electron chi connectivity index (χ1n) is 14.9. The molecule has 0 bridgehead atoms. The van der Waals surface area contributed by atoms with Crippen LogP contribution in [0, 0.1) is 0 Å². The van der Waals surface area contributed by atoms with Crippen LogP contribution in [0.15, 0.2) is 151 Å². The number of aromatic nitrogens is 3. The Balaban J connectivity index is 1.29. The van der Waals surface area contributed by atoms with E-state index in [4.69, 9.17) is 0 Å². The summed E-state index contributed by atoms with van der Waals surface area (Å²) in [5, 5.41) is 11.1. The van der Waals surface area contributed by atoms with Crippen LogP contribution in [0.25, 0.3) is 81.7 Å². The number of hydrogen-bond acceptors (Lipinski definition) is 4. The fourth-order valence-electron chi connectivity index (χ4n) is 6.44. The molecule has 6 aromatic carbocycles. The molecule has 5 heteroatoms. The first-order chi connectivity index (χ1) is 22.3. The maximum atomic E-state index is 4.55. The molecule has 0 unspecified atom stereocenters. The van der Waals surface area contributed by atoms with Gasteiger partial charge in [-0.1, -0.05) is 97.1 Å². The Bertz CT molecular complexity index is 2350. The van der Waals surface area contributed by atoms with Crippen molar-refractivity contribution in [3.63, 3.8) is 0 Å². The highest BCUT2D eigenvalue weighted by Crippen LogP contribution is 2.39. The van der Waals surface area contributed by atoms with Gasteiger partial charge in [-0.05, 0) is 58.0 Å². The first-order valence-corrected chi connectivity index (χ1v) is 16.6. The van der Waals surface area contributed by atoms with E-state index in [2.05, 4.69) is 142 Å². The van der Waals surface area contributed by atoms with Gasteiger partial charge in [0.25, 0.3) is 0 Å². The van der Waals surface area contributed by atoms with Crippen LogP contribution >= 0.6 is 22.7 Å². The summed E-state index contributed by atoms with van der Waals surface area (Å²) in [4.78, 5) is 9.09. The second-order valence-electron chi connectivity index (χ2n) is 11.1. The molecule has 3 heterocycles. The quantitative estimate of drug-likeness (QED) is 0.194. The van der Waals surface area contributed by atoms with E-state index in [1.165, 1.54) is 60.5 Å². The summed E-state index contributed by atoms with van der Waals surface area (Å²) in [6.45, 7) is 0. The summed E-state index contributed by atoms with van der Waals surface area (Å²) in [7, 11) is 0. The van der Waals surface area contributed by atoms with Crippen LogP contribution in [-0.2, 0) is 0 Å². The smallest absolute Gasteiger partial charge is 0.123 e. The van der Waals surface area contributed by atoms with Gasteiger partial charge in [0.2, 0.25) is 0 Å². The summed E-state index contributed by atoms with van der Waals surface area (Å²) in [6, 6.07) is 46.4. The number of thiazole rings is 2. The highest BCUT2D eigenvalue weighted by molar-refractivity contribution is 7.13. The van der Waals surface area contributed by atoms with E-state index in [0.29, 0.717) is 0 Å². The van der Waals surface area contributed by atoms with Crippen molar-refractivity contribution in [3.05, 3.63) is 151 Å². The molecule has 0 fully saturated rings. The van der Waals surface area contributed by atoms with Crippen molar-refractivity contribution in [2.75, 3.05) is 0 Å². The van der Waals surface area contributed by atoms with Gasteiger partial charge in [0, 0.05) is 50.4 Å². The third-order valence-electron chi connectivity index (χ3n) is 8.53. The molecule has 0 aliphatic carbocycles. The Morgan fingerprint density at radius 1 is 0.422 bits per heavy atom. The molecule has 0 saturated heterocycles. The minimum atomic E-state index is 1.04. The van der Waals surface area contributed by atoms with Crippen LogP contribution in [0.1, 0.15) is 0 Å². The van der Waals surface area contributed by atoms with Crippen LogP contribution in [0.3, 0.4) is 0 Å². The second kappa shape index (κ2) is 10.7. The molecule has 0 amide bonds. The first kappa shape index (κ1) is 26.1. The van der Waals surface area contributed by atoms with E-state index < -0.39 is 0 Å². The zero-order chi connectivity index (χ0) is 29.7.